The van der Waals surface area contributed by atoms with Gasteiger partial charge in [0.05, 0.1) is 6.54 Å². The molecule has 2 unspecified atom stereocenters. The largest absolute Gasteiger partial charge is 0.385 e. The van der Waals surface area contributed by atoms with Gasteiger partial charge in [-0.2, -0.15) is 4.98 Å². The lowest BCUT2D eigenvalue weighted by Crippen LogP contribution is -2.40. The van der Waals surface area contributed by atoms with Crippen molar-refractivity contribution in [2.24, 2.45) is 0 Å². The monoisotopic (exact) mass is 483 g/mol. The van der Waals surface area contributed by atoms with E-state index in [1.54, 1.807) is 23.9 Å². The van der Waals surface area contributed by atoms with E-state index in [2.05, 4.69) is 50.6 Å². The first kappa shape index (κ1) is 23.9. The summed E-state index contributed by atoms with van der Waals surface area (Å²) in [5, 5.41) is 28.8. The van der Waals surface area contributed by atoms with E-state index < -0.39 is 18.2 Å². The van der Waals surface area contributed by atoms with Crippen LogP contribution in [-0.4, -0.2) is 35.9 Å². The fraction of sp³-hybridized carbons (Fsp3) is 0.321. The van der Waals surface area contributed by atoms with Crippen molar-refractivity contribution in [2.75, 3.05) is 0 Å². The second-order valence-corrected chi connectivity index (χ2v) is 9.23. The molecule has 0 amide bonds. The van der Waals surface area contributed by atoms with Gasteiger partial charge in [0.15, 0.2) is 5.82 Å². The van der Waals surface area contributed by atoms with Crippen LogP contribution in [0.2, 0.25) is 0 Å². The summed E-state index contributed by atoms with van der Waals surface area (Å²) in [5.41, 5.74) is 4.21. The van der Waals surface area contributed by atoms with Crippen LogP contribution in [0.3, 0.4) is 0 Å². The van der Waals surface area contributed by atoms with Crippen LogP contribution < -0.4 is 5.32 Å². The van der Waals surface area contributed by atoms with E-state index in [0.717, 1.165) is 29.5 Å². The fourth-order valence-corrected chi connectivity index (χ4v) is 4.92. The van der Waals surface area contributed by atoms with Crippen LogP contribution in [0.5, 0.6) is 0 Å². The Morgan fingerprint density at radius 3 is 2.67 bits per heavy atom. The Balaban J connectivity index is 1.41. The van der Waals surface area contributed by atoms with E-state index in [1.807, 2.05) is 24.3 Å². The highest BCUT2D eigenvalue weighted by Crippen LogP contribution is 2.43. The molecule has 36 heavy (non-hydrogen) atoms. The van der Waals surface area contributed by atoms with Crippen LogP contribution in [0.4, 0.5) is 0 Å². The lowest BCUT2D eigenvalue weighted by Gasteiger charge is -2.37. The molecule has 0 spiro atoms. The summed E-state index contributed by atoms with van der Waals surface area (Å²) in [7, 11) is 0. The maximum absolute atomic E-state index is 11.4. The second kappa shape index (κ2) is 10.5. The van der Waals surface area contributed by atoms with Gasteiger partial charge in [-0.3, -0.25) is 0 Å². The second-order valence-electron chi connectivity index (χ2n) is 9.23. The molecule has 3 atom stereocenters. The lowest BCUT2D eigenvalue weighted by atomic mass is 9.73. The number of terminal acetylenes is 1. The molecule has 2 heterocycles. The standard InChI is InChI=1S/C28H29N5O3/c1-3-25(33-12-11-29-28(33)18(2)34)27(35)20-9-10-23(19-7-5-4-6-8-19)24(15-20)21-13-22(14-21)30-16-26-31-17-36-32-26/h1,4-12,15,17-18,21-22,25,27,30,34-35H,13-14,16H2,2H3/t18-,21?,22?,25?,27?/m0/s1. The molecular weight excluding hydrogens is 454 g/mol. The van der Waals surface area contributed by atoms with Gasteiger partial charge in [0, 0.05) is 18.4 Å². The minimum atomic E-state index is -0.961. The van der Waals surface area contributed by atoms with Crippen molar-refractivity contribution < 1.29 is 14.7 Å². The molecular formula is C28H29N5O3. The molecule has 3 N–H and O–H groups in total. The van der Waals surface area contributed by atoms with Gasteiger partial charge < -0.3 is 24.6 Å². The van der Waals surface area contributed by atoms with Crippen LogP contribution in [0.15, 0.2) is 71.8 Å². The highest BCUT2D eigenvalue weighted by atomic mass is 16.5. The van der Waals surface area contributed by atoms with Crippen molar-refractivity contribution in [3.05, 3.63) is 90.1 Å². The van der Waals surface area contributed by atoms with Crippen LogP contribution in [0.1, 0.15) is 66.7 Å². The van der Waals surface area contributed by atoms with Gasteiger partial charge in [0.2, 0.25) is 6.39 Å². The molecule has 2 aromatic carbocycles. The molecule has 8 heteroatoms. The average molecular weight is 484 g/mol. The quantitative estimate of drug-likeness (QED) is 0.310. The van der Waals surface area contributed by atoms with E-state index in [4.69, 9.17) is 10.9 Å². The summed E-state index contributed by atoms with van der Waals surface area (Å²) in [6.07, 6.45) is 10.6. The first-order valence-electron chi connectivity index (χ1n) is 12.1. The summed E-state index contributed by atoms with van der Waals surface area (Å²) in [5.74, 6) is 4.09. The summed E-state index contributed by atoms with van der Waals surface area (Å²) >= 11 is 0. The molecule has 5 rings (SSSR count). The molecule has 184 valence electrons. The molecule has 1 aliphatic carbocycles. The fourth-order valence-electron chi connectivity index (χ4n) is 4.92. The van der Waals surface area contributed by atoms with Crippen LogP contribution >= 0.6 is 0 Å². The van der Waals surface area contributed by atoms with Crippen molar-refractivity contribution in [1.82, 2.24) is 25.0 Å². The zero-order valence-corrected chi connectivity index (χ0v) is 20.0. The summed E-state index contributed by atoms with van der Waals surface area (Å²) in [4.78, 5) is 8.28. The lowest BCUT2D eigenvalue weighted by molar-refractivity contribution is 0.127. The average Bonchev–Trinajstić information content (AvgIpc) is 3.57. The molecule has 0 radical (unpaired) electrons. The molecule has 1 aliphatic rings. The van der Waals surface area contributed by atoms with E-state index in [9.17, 15) is 10.2 Å². The van der Waals surface area contributed by atoms with Gasteiger partial charge in [-0.15, -0.1) is 6.42 Å². The highest BCUT2D eigenvalue weighted by Gasteiger charge is 2.33. The molecule has 0 aliphatic heterocycles. The molecule has 0 saturated heterocycles. The zero-order valence-electron chi connectivity index (χ0n) is 20.0. The number of imidazole rings is 1. The van der Waals surface area contributed by atoms with E-state index in [-0.39, 0.29) is 0 Å². The third kappa shape index (κ3) is 4.82. The van der Waals surface area contributed by atoms with E-state index >= 15 is 0 Å². The maximum Gasteiger partial charge on any atom is 0.213 e. The first-order chi connectivity index (χ1) is 17.5. The number of aliphatic hydroxyl groups excluding tert-OH is 2. The molecule has 0 bridgehead atoms. The Bertz CT molecular complexity index is 1320. The summed E-state index contributed by atoms with van der Waals surface area (Å²) in [6, 6.07) is 16.0. The number of hydrogen-bond donors (Lipinski definition) is 3. The molecule has 2 aromatic heterocycles. The Morgan fingerprint density at radius 1 is 1.17 bits per heavy atom. The Labute approximate surface area is 210 Å². The number of nitrogens with zero attached hydrogens (tertiary/aromatic N) is 4. The minimum Gasteiger partial charge on any atom is -0.385 e. The molecule has 1 saturated carbocycles. The zero-order chi connectivity index (χ0) is 25.1. The normalized spacial score (nSPS) is 19.7. The van der Waals surface area contributed by atoms with Gasteiger partial charge in [0.25, 0.3) is 0 Å². The Kier molecular flexibility index (Phi) is 6.96. The third-order valence-electron chi connectivity index (χ3n) is 6.88. The summed E-state index contributed by atoms with van der Waals surface area (Å²) < 4.78 is 6.47. The van der Waals surface area contributed by atoms with Gasteiger partial charge in [0.1, 0.15) is 24.1 Å². The Morgan fingerprint density at radius 2 is 1.97 bits per heavy atom. The molecule has 1 fully saturated rings. The number of hydrogen-bond acceptors (Lipinski definition) is 7. The van der Waals surface area contributed by atoms with Crippen molar-refractivity contribution in [3.63, 3.8) is 0 Å². The topological polar surface area (TPSA) is 109 Å². The third-order valence-corrected chi connectivity index (χ3v) is 6.88. The number of aliphatic hydroxyl groups is 2. The predicted octanol–water partition coefficient (Wildman–Crippen LogP) is 3.93. The van der Waals surface area contributed by atoms with Crippen molar-refractivity contribution in [1.29, 1.82) is 0 Å². The first-order valence-corrected chi connectivity index (χ1v) is 12.1. The maximum atomic E-state index is 11.4. The van der Waals surface area contributed by atoms with Crippen LogP contribution in [0, 0.1) is 12.3 Å². The van der Waals surface area contributed by atoms with E-state index in [1.165, 1.54) is 12.0 Å². The van der Waals surface area contributed by atoms with Crippen molar-refractivity contribution in [3.8, 4) is 23.5 Å². The minimum absolute atomic E-state index is 0.334. The number of aromatic nitrogens is 4. The number of benzene rings is 2. The van der Waals surface area contributed by atoms with E-state index in [0.29, 0.717) is 30.2 Å². The van der Waals surface area contributed by atoms with Gasteiger partial charge >= 0.3 is 0 Å². The number of nitrogens with one attached hydrogen (secondary N) is 1. The van der Waals surface area contributed by atoms with Gasteiger partial charge in [-0.25, -0.2) is 4.98 Å². The van der Waals surface area contributed by atoms with Gasteiger partial charge in [-0.05, 0) is 47.9 Å². The SMILES string of the molecule is C#CC(C(O)c1ccc(-c2ccccc2)c(C2CC(NCc3ncon3)C2)c1)n1ccnc1[C@H](C)O. The summed E-state index contributed by atoms with van der Waals surface area (Å²) in [6.45, 7) is 2.20. The van der Waals surface area contributed by atoms with Crippen LogP contribution in [-0.2, 0) is 6.54 Å². The Hall–Kier alpha value is -3.77. The molecule has 4 aromatic rings. The van der Waals surface area contributed by atoms with Crippen molar-refractivity contribution >= 4 is 0 Å². The predicted molar refractivity (Wildman–Crippen MR) is 134 cm³/mol. The number of rotatable bonds is 9. The molecule has 8 nitrogen and oxygen atoms in total. The smallest absolute Gasteiger partial charge is 0.213 e. The highest BCUT2D eigenvalue weighted by molar-refractivity contribution is 5.69. The van der Waals surface area contributed by atoms with Crippen molar-refractivity contribution in [2.45, 2.75) is 56.5 Å². The van der Waals surface area contributed by atoms with Crippen LogP contribution in [0.25, 0.3) is 11.1 Å². The van der Waals surface area contributed by atoms with Gasteiger partial charge in [-0.1, -0.05) is 59.6 Å².